The van der Waals surface area contributed by atoms with Gasteiger partial charge in [0.15, 0.2) is 0 Å². The molecule has 0 unspecified atom stereocenters. The molecule has 0 aromatic heterocycles. The molecule has 29 heavy (non-hydrogen) atoms. The molecule has 0 saturated heterocycles. The Hall–Kier alpha value is -3.22. The van der Waals surface area contributed by atoms with Crippen molar-refractivity contribution in [2.75, 3.05) is 0 Å². The topological polar surface area (TPSA) is 29.4 Å². The summed E-state index contributed by atoms with van der Waals surface area (Å²) < 4.78 is 5.02. The maximum Gasteiger partial charge on any atom is 0.276 e. The molecule has 0 aliphatic carbocycles. The zero-order valence-electron chi connectivity index (χ0n) is 16.3. The van der Waals surface area contributed by atoms with Gasteiger partial charge in [-0.3, -0.25) is 4.79 Å². The summed E-state index contributed by atoms with van der Waals surface area (Å²) in [5.41, 5.74) is 1.59. The van der Waals surface area contributed by atoms with E-state index in [1.807, 2.05) is 85.8 Å². The van der Waals surface area contributed by atoms with Crippen LogP contribution in [-0.2, 0) is 0 Å². The van der Waals surface area contributed by atoms with Crippen LogP contribution in [0.25, 0.3) is 0 Å². The zero-order valence-corrected chi connectivity index (χ0v) is 17.2. The van der Waals surface area contributed by atoms with Crippen molar-refractivity contribution < 1.29 is 4.79 Å². The van der Waals surface area contributed by atoms with Gasteiger partial charge >= 0.3 is 0 Å². The van der Waals surface area contributed by atoms with E-state index in [1.54, 1.807) is 0 Å². The Morgan fingerprint density at radius 3 is 1.38 bits per heavy atom. The maximum atomic E-state index is 13.5. The second kappa shape index (κ2) is 8.43. The summed E-state index contributed by atoms with van der Waals surface area (Å²) in [6.07, 6.45) is 0. The number of carbonyl (C=O) groups is 1. The number of rotatable bonds is 4. The van der Waals surface area contributed by atoms with E-state index in [-0.39, 0.29) is 5.91 Å². The van der Waals surface area contributed by atoms with Crippen molar-refractivity contribution in [3.63, 3.8) is 0 Å². The molecule has 2 nitrogen and oxygen atoms in total. The molecular formula is C26H22NOP. The van der Waals surface area contributed by atoms with Crippen LogP contribution in [0.15, 0.2) is 120 Å². The van der Waals surface area contributed by atoms with E-state index in [1.165, 1.54) is 0 Å². The van der Waals surface area contributed by atoms with Crippen LogP contribution in [0.1, 0.15) is 15.9 Å². The maximum absolute atomic E-state index is 13.5. The SMILES string of the molecule is Cc1ccccc1C(=O)N=P(c1ccccc1)(c1ccccc1)c1ccccc1. The fraction of sp³-hybridized carbons (Fsp3) is 0.0385. The minimum Gasteiger partial charge on any atom is -0.267 e. The summed E-state index contributed by atoms with van der Waals surface area (Å²) in [6.45, 7) is 1.95. The number of carbonyl (C=O) groups excluding carboxylic acids is 1. The van der Waals surface area contributed by atoms with E-state index in [0.717, 1.165) is 21.5 Å². The lowest BCUT2D eigenvalue weighted by atomic mass is 10.1. The molecule has 0 N–H and O–H groups in total. The van der Waals surface area contributed by atoms with Gasteiger partial charge in [0.2, 0.25) is 0 Å². The standard InChI is InChI=1S/C26H22NOP/c1-21-13-11-12-20-25(21)26(28)27-29(22-14-5-2-6-15-22,23-16-7-3-8-17-23)24-18-9-4-10-19-24/h2-20H,1H3. The Kier molecular flexibility index (Phi) is 5.55. The lowest BCUT2D eigenvalue weighted by molar-refractivity contribution is 0.100. The Balaban J connectivity index is 2.09. The van der Waals surface area contributed by atoms with E-state index in [2.05, 4.69) is 36.4 Å². The van der Waals surface area contributed by atoms with Crippen LogP contribution in [-0.4, -0.2) is 5.91 Å². The highest BCUT2D eigenvalue weighted by Crippen LogP contribution is 2.46. The fourth-order valence-electron chi connectivity index (χ4n) is 3.55. The van der Waals surface area contributed by atoms with E-state index in [0.29, 0.717) is 5.56 Å². The number of hydrogen-bond donors (Lipinski definition) is 0. The molecule has 0 radical (unpaired) electrons. The molecule has 0 spiro atoms. The van der Waals surface area contributed by atoms with Crippen LogP contribution in [0.3, 0.4) is 0 Å². The van der Waals surface area contributed by atoms with Gasteiger partial charge in [0.05, 0.1) is 7.05 Å². The number of aryl methyl sites for hydroxylation is 1. The lowest BCUT2D eigenvalue weighted by Gasteiger charge is -2.26. The van der Waals surface area contributed by atoms with Crippen molar-refractivity contribution in [1.82, 2.24) is 0 Å². The van der Waals surface area contributed by atoms with Crippen molar-refractivity contribution in [3.05, 3.63) is 126 Å². The van der Waals surface area contributed by atoms with Crippen molar-refractivity contribution in [2.24, 2.45) is 4.74 Å². The predicted octanol–water partition coefficient (Wildman–Crippen LogP) is 5.31. The third kappa shape index (κ3) is 3.72. The molecule has 0 aliphatic rings. The quantitative estimate of drug-likeness (QED) is 0.431. The molecule has 4 aromatic rings. The van der Waals surface area contributed by atoms with Crippen molar-refractivity contribution in [2.45, 2.75) is 6.92 Å². The first-order valence-corrected chi connectivity index (χ1v) is 11.3. The average molecular weight is 395 g/mol. The van der Waals surface area contributed by atoms with Gasteiger partial charge in [0.25, 0.3) is 5.91 Å². The predicted molar refractivity (Wildman–Crippen MR) is 123 cm³/mol. The van der Waals surface area contributed by atoms with Gasteiger partial charge in [-0.05, 0) is 18.6 Å². The van der Waals surface area contributed by atoms with Crippen LogP contribution in [0, 0.1) is 6.92 Å². The largest absolute Gasteiger partial charge is 0.276 e. The van der Waals surface area contributed by atoms with Crippen LogP contribution in [0.5, 0.6) is 0 Å². The first-order chi connectivity index (χ1) is 14.2. The molecule has 0 heterocycles. The number of nitrogens with zero attached hydrogens (tertiary/aromatic N) is 1. The van der Waals surface area contributed by atoms with Crippen LogP contribution in [0.2, 0.25) is 0 Å². The van der Waals surface area contributed by atoms with Gasteiger partial charge in [0.1, 0.15) is 0 Å². The summed E-state index contributed by atoms with van der Waals surface area (Å²) in [4.78, 5) is 13.5. The zero-order chi connectivity index (χ0) is 20.1. The Labute approximate surface area is 171 Å². The Morgan fingerprint density at radius 2 is 0.966 bits per heavy atom. The Bertz CT molecular complexity index is 1070. The molecule has 0 bridgehead atoms. The molecule has 0 atom stereocenters. The van der Waals surface area contributed by atoms with Crippen LogP contribution >= 0.6 is 7.05 Å². The fourth-order valence-corrected chi connectivity index (χ4v) is 6.99. The van der Waals surface area contributed by atoms with Crippen molar-refractivity contribution in [3.8, 4) is 0 Å². The molecule has 4 rings (SSSR count). The number of benzene rings is 4. The van der Waals surface area contributed by atoms with Gasteiger partial charge in [-0.15, -0.1) is 0 Å². The Morgan fingerprint density at radius 1 is 0.586 bits per heavy atom. The van der Waals surface area contributed by atoms with Gasteiger partial charge in [-0.25, -0.2) is 4.74 Å². The van der Waals surface area contributed by atoms with E-state index in [4.69, 9.17) is 4.74 Å². The van der Waals surface area contributed by atoms with E-state index >= 15 is 0 Å². The molecular weight excluding hydrogens is 373 g/mol. The number of hydrogen-bond acceptors (Lipinski definition) is 1. The third-order valence-electron chi connectivity index (χ3n) is 5.01. The minimum absolute atomic E-state index is 0.173. The molecule has 0 aliphatic heterocycles. The summed E-state index contributed by atoms with van der Waals surface area (Å²) in [6, 6.07) is 38.3. The van der Waals surface area contributed by atoms with Crippen LogP contribution < -0.4 is 15.9 Å². The highest BCUT2D eigenvalue weighted by Gasteiger charge is 2.29. The molecule has 3 heteroatoms. The van der Waals surface area contributed by atoms with Gasteiger partial charge in [-0.2, -0.15) is 0 Å². The highest BCUT2D eigenvalue weighted by molar-refractivity contribution is 7.87. The monoisotopic (exact) mass is 395 g/mol. The second-order valence-corrected chi connectivity index (χ2v) is 9.88. The minimum atomic E-state index is -2.52. The first-order valence-electron chi connectivity index (χ1n) is 9.61. The third-order valence-corrected chi connectivity index (χ3v) is 8.62. The second-order valence-electron chi connectivity index (χ2n) is 6.86. The summed E-state index contributed by atoms with van der Waals surface area (Å²) in [7, 11) is -2.52. The normalized spacial score (nSPS) is 11.1. The summed E-state index contributed by atoms with van der Waals surface area (Å²) >= 11 is 0. The number of amides is 1. The molecule has 0 saturated carbocycles. The smallest absolute Gasteiger partial charge is 0.267 e. The van der Waals surface area contributed by atoms with Crippen LogP contribution in [0.4, 0.5) is 0 Å². The van der Waals surface area contributed by atoms with E-state index < -0.39 is 7.05 Å². The first kappa shape index (κ1) is 19.1. The molecule has 142 valence electrons. The van der Waals surface area contributed by atoms with Gasteiger partial charge in [0, 0.05) is 21.5 Å². The summed E-state index contributed by atoms with van der Waals surface area (Å²) in [5, 5.41) is 3.21. The molecule has 4 aromatic carbocycles. The lowest BCUT2D eigenvalue weighted by Crippen LogP contribution is -2.26. The van der Waals surface area contributed by atoms with Gasteiger partial charge in [-0.1, -0.05) is 109 Å². The van der Waals surface area contributed by atoms with Crippen molar-refractivity contribution in [1.29, 1.82) is 0 Å². The van der Waals surface area contributed by atoms with E-state index in [9.17, 15) is 4.79 Å². The molecule has 1 amide bonds. The van der Waals surface area contributed by atoms with Crippen molar-refractivity contribution >= 4 is 28.9 Å². The summed E-state index contributed by atoms with van der Waals surface area (Å²) in [5.74, 6) is -0.173. The van der Waals surface area contributed by atoms with Gasteiger partial charge < -0.3 is 0 Å². The highest BCUT2D eigenvalue weighted by atomic mass is 31.2. The average Bonchev–Trinajstić information content (AvgIpc) is 2.79. The molecule has 0 fully saturated rings.